The van der Waals surface area contributed by atoms with Crippen LogP contribution in [0.25, 0.3) is 0 Å². The molecule has 1 fully saturated rings. The number of nitrogen functional groups attached to an aromatic ring is 1. The Morgan fingerprint density at radius 1 is 1.15 bits per heavy atom. The maximum Gasteiger partial charge on any atom is 0.328 e. The van der Waals surface area contributed by atoms with Gasteiger partial charge in [-0.2, -0.15) is 0 Å². The third-order valence-corrected chi connectivity index (χ3v) is 3.80. The normalized spacial score (nSPS) is 28.8. The van der Waals surface area contributed by atoms with Gasteiger partial charge in [-0.15, -0.1) is 0 Å². The third-order valence-electron chi connectivity index (χ3n) is 3.80. The molecular weight excluding hydrogens is 350 g/mol. The van der Waals surface area contributed by atoms with E-state index < -0.39 is 49.1 Å². The average Bonchev–Trinajstić information content (AvgIpc) is 2.61. The molecule has 1 heterocycles. The molecule has 5 atom stereocenters. The van der Waals surface area contributed by atoms with Gasteiger partial charge in [0, 0.05) is 11.6 Å². The number of hydrogen-bond acceptors (Lipinski definition) is 9. The van der Waals surface area contributed by atoms with Gasteiger partial charge >= 0.3 is 5.97 Å². The maximum absolute atomic E-state index is 12.0. The van der Waals surface area contributed by atoms with Crippen LogP contribution in [-0.4, -0.2) is 74.6 Å². The second kappa shape index (κ2) is 8.25. The van der Waals surface area contributed by atoms with Gasteiger partial charge in [0.25, 0.3) is 0 Å². The fourth-order valence-corrected chi connectivity index (χ4v) is 2.39. The summed E-state index contributed by atoms with van der Waals surface area (Å²) in [5.74, 6) is -2.04. The zero-order valence-electron chi connectivity index (χ0n) is 13.4. The summed E-state index contributed by atoms with van der Waals surface area (Å²) in [6.45, 7) is -0.626. The van der Waals surface area contributed by atoms with Crippen LogP contribution in [0.1, 0.15) is 10.4 Å². The van der Waals surface area contributed by atoms with Gasteiger partial charge in [0.2, 0.25) is 6.29 Å². The van der Waals surface area contributed by atoms with Gasteiger partial charge < -0.3 is 40.7 Å². The first-order valence-electron chi connectivity index (χ1n) is 7.57. The third kappa shape index (κ3) is 4.18. The lowest BCUT2D eigenvalue weighted by Crippen LogP contribution is -2.60. The van der Waals surface area contributed by atoms with Crippen LogP contribution in [0.5, 0.6) is 5.75 Å². The van der Waals surface area contributed by atoms with E-state index in [1.165, 1.54) is 18.2 Å². The van der Waals surface area contributed by atoms with Crippen LogP contribution >= 0.6 is 0 Å². The number of aliphatic hydroxyl groups is 4. The number of aliphatic hydroxyl groups excluding tert-OH is 4. The molecular formula is C16H19NO9. The molecule has 26 heavy (non-hydrogen) atoms. The molecule has 0 spiro atoms. The summed E-state index contributed by atoms with van der Waals surface area (Å²) < 4.78 is 10.6. The van der Waals surface area contributed by atoms with Crippen molar-refractivity contribution >= 4 is 17.4 Å². The van der Waals surface area contributed by atoms with Gasteiger partial charge in [-0.25, -0.2) is 4.79 Å². The Labute approximate surface area is 147 Å². The van der Waals surface area contributed by atoms with E-state index in [1.807, 2.05) is 0 Å². The van der Waals surface area contributed by atoms with Crippen molar-refractivity contribution in [3.63, 3.8) is 0 Å². The first-order chi connectivity index (χ1) is 12.3. The molecule has 2 rings (SSSR count). The molecule has 0 unspecified atom stereocenters. The molecule has 0 bridgehead atoms. The Kier molecular flexibility index (Phi) is 6.29. The number of carboxylic acid groups (broad SMARTS) is 1. The molecule has 0 saturated carbocycles. The molecule has 1 aliphatic rings. The summed E-state index contributed by atoms with van der Waals surface area (Å²) >= 11 is 0. The Bertz CT molecular complexity index is 703. The standard InChI is InChI=1S/C16H19NO9/c17-12-7(8(19)4-5-11(20)21)2-1-3-9(12)25-16-15(24)14(23)13(22)10(6-18)26-16/h1-5,10,13-16,18,22-24H,6,17H2,(H,20,21)/b5-4+/t10-,13-,14+,15-,16-/m1/s1. The number of anilines is 1. The van der Waals surface area contributed by atoms with Crippen LogP contribution in [0, 0.1) is 0 Å². The number of benzene rings is 1. The fourth-order valence-electron chi connectivity index (χ4n) is 2.39. The molecule has 0 radical (unpaired) electrons. The number of carboxylic acids is 1. The molecule has 1 aromatic carbocycles. The number of para-hydroxylation sites is 1. The first kappa shape index (κ1) is 19.8. The number of ketones is 1. The first-order valence-corrected chi connectivity index (χ1v) is 7.57. The highest BCUT2D eigenvalue weighted by Crippen LogP contribution is 2.30. The Balaban J connectivity index is 2.23. The number of carbonyl (C=O) groups is 2. The van der Waals surface area contributed by atoms with Crippen molar-refractivity contribution in [3.8, 4) is 5.75 Å². The summed E-state index contributed by atoms with van der Waals surface area (Å²) in [6, 6.07) is 4.13. The monoisotopic (exact) mass is 369 g/mol. The number of rotatable bonds is 6. The lowest BCUT2D eigenvalue weighted by atomic mass is 9.99. The zero-order chi connectivity index (χ0) is 19.4. The minimum absolute atomic E-state index is 0.0374. The minimum atomic E-state index is -1.64. The smallest absolute Gasteiger partial charge is 0.328 e. The molecule has 1 aromatic rings. The highest BCUT2D eigenvalue weighted by molar-refractivity contribution is 6.10. The lowest BCUT2D eigenvalue weighted by molar-refractivity contribution is -0.277. The van der Waals surface area contributed by atoms with Crippen molar-refractivity contribution in [2.24, 2.45) is 0 Å². The van der Waals surface area contributed by atoms with Gasteiger partial charge in [-0.3, -0.25) is 4.79 Å². The molecule has 0 amide bonds. The van der Waals surface area contributed by atoms with E-state index in [2.05, 4.69) is 0 Å². The van der Waals surface area contributed by atoms with Crippen LogP contribution in [-0.2, 0) is 9.53 Å². The molecule has 0 aromatic heterocycles. The molecule has 1 aliphatic heterocycles. The Hall–Kier alpha value is -2.50. The number of ether oxygens (including phenoxy) is 2. The van der Waals surface area contributed by atoms with Crippen molar-refractivity contribution in [2.45, 2.75) is 30.7 Å². The van der Waals surface area contributed by atoms with E-state index in [9.17, 15) is 24.9 Å². The fraction of sp³-hybridized carbons (Fsp3) is 0.375. The van der Waals surface area contributed by atoms with Crippen LogP contribution in [0.3, 0.4) is 0 Å². The minimum Gasteiger partial charge on any atom is -0.478 e. The van der Waals surface area contributed by atoms with Gasteiger partial charge in [-0.05, 0) is 18.2 Å². The van der Waals surface area contributed by atoms with Crippen LogP contribution in [0.2, 0.25) is 0 Å². The number of aliphatic carboxylic acids is 1. The van der Waals surface area contributed by atoms with Crippen molar-refractivity contribution in [1.29, 1.82) is 0 Å². The van der Waals surface area contributed by atoms with Crippen molar-refractivity contribution < 1.29 is 44.6 Å². The topological polar surface area (TPSA) is 180 Å². The molecule has 7 N–H and O–H groups in total. The van der Waals surface area contributed by atoms with E-state index in [1.54, 1.807) is 0 Å². The number of hydrogen-bond donors (Lipinski definition) is 6. The summed E-state index contributed by atoms with van der Waals surface area (Å²) in [7, 11) is 0. The lowest BCUT2D eigenvalue weighted by Gasteiger charge is -2.39. The SMILES string of the molecule is Nc1c(O[C@@H]2O[C@H](CO)[C@@H](O)[C@H](O)[C@H]2O)cccc1C(=O)/C=C/C(=O)O. The molecule has 1 saturated heterocycles. The van der Waals surface area contributed by atoms with Gasteiger partial charge in [0.1, 0.15) is 30.2 Å². The zero-order valence-corrected chi connectivity index (χ0v) is 13.4. The van der Waals surface area contributed by atoms with Gasteiger partial charge in [-0.1, -0.05) is 6.07 Å². The highest BCUT2D eigenvalue weighted by atomic mass is 16.7. The van der Waals surface area contributed by atoms with Crippen molar-refractivity contribution in [1.82, 2.24) is 0 Å². The molecule has 10 heteroatoms. The molecule has 0 aliphatic carbocycles. The largest absolute Gasteiger partial charge is 0.478 e. The van der Waals surface area contributed by atoms with Crippen LogP contribution in [0.15, 0.2) is 30.4 Å². The number of nitrogens with two attached hydrogens (primary N) is 1. The highest BCUT2D eigenvalue weighted by Gasteiger charge is 2.44. The number of carbonyl (C=O) groups excluding carboxylic acids is 1. The van der Waals surface area contributed by atoms with E-state index in [0.717, 1.165) is 6.08 Å². The summed E-state index contributed by atoms with van der Waals surface area (Å²) in [6.07, 6.45) is -5.95. The Morgan fingerprint density at radius 2 is 1.85 bits per heavy atom. The van der Waals surface area contributed by atoms with Crippen molar-refractivity contribution in [3.05, 3.63) is 35.9 Å². The predicted octanol–water partition coefficient (Wildman–Crippen LogP) is -1.73. The summed E-state index contributed by atoms with van der Waals surface area (Å²) in [5.41, 5.74) is 5.68. The predicted molar refractivity (Wildman–Crippen MR) is 86.4 cm³/mol. The van der Waals surface area contributed by atoms with Gasteiger partial charge in [0.05, 0.1) is 12.3 Å². The summed E-state index contributed by atoms with van der Waals surface area (Å²) in [4.78, 5) is 22.5. The van der Waals surface area contributed by atoms with Gasteiger partial charge in [0.15, 0.2) is 5.78 Å². The van der Waals surface area contributed by atoms with E-state index in [0.29, 0.717) is 6.08 Å². The molecule has 10 nitrogen and oxygen atoms in total. The maximum atomic E-state index is 12.0. The average molecular weight is 369 g/mol. The molecule has 142 valence electrons. The van der Waals surface area contributed by atoms with E-state index >= 15 is 0 Å². The van der Waals surface area contributed by atoms with Crippen molar-refractivity contribution in [2.75, 3.05) is 12.3 Å². The second-order valence-electron chi connectivity index (χ2n) is 5.57. The Morgan fingerprint density at radius 3 is 2.46 bits per heavy atom. The van der Waals surface area contributed by atoms with E-state index in [-0.39, 0.29) is 17.0 Å². The van der Waals surface area contributed by atoms with Crippen LogP contribution < -0.4 is 10.5 Å². The second-order valence-corrected chi connectivity index (χ2v) is 5.57. The quantitative estimate of drug-likeness (QED) is 0.192. The summed E-state index contributed by atoms with van der Waals surface area (Å²) in [5, 5.41) is 47.2. The van der Waals surface area contributed by atoms with E-state index in [4.69, 9.17) is 25.4 Å². The van der Waals surface area contributed by atoms with Crippen LogP contribution in [0.4, 0.5) is 5.69 Å². The number of allylic oxidation sites excluding steroid dienone is 1.